The lowest BCUT2D eigenvalue weighted by Gasteiger charge is -2.21. The molecule has 2 atom stereocenters. The molecule has 5 N–H and O–H groups in total. The van der Waals surface area contributed by atoms with Gasteiger partial charge >= 0.3 is 12.1 Å². The number of hydrogen-bond acceptors (Lipinski definition) is 10. The maximum atomic E-state index is 12.2. The fourth-order valence-corrected chi connectivity index (χ4v) is 2.92. The van der Waals surface area contributed by atoms with Crippen molar-refractivity contribution in [2.45, 2.75) is 18.7 Å². The Bertz CT molecular complexity index is 965. The molecular formula is C20H24N6O7. The number of nitrogens with zero attached hydrogens (tertiary/aromatic N) is 2. The van der Waals surface area contributed by atoms with E-state index in [2.05, 4.69) is 31.4 Å². The number of ether oxygens (including phenoxy) is 2. The molecule has 2 heterocycles. The van der Waals surface area contributed by atoms with E-state index in [4.69, 9.17) is 14.0 Å². The molecule has 0 saturated carbocycles. The SMILES string of the molecule is O=CNC(c1cc(OCCNC2=NCCN2)no1)[C@H](NC(=O)OCc1ccccc1)C(=O)O. The number of aromatic nitrogens is 1. The molecule has 2 aromatic rings. The third-order valence-electron chi connectivity index (χ3n) is 4.46. The molecule has 0 fully saturated rings. The number of hydrogen-bond donors (Lipinski definition) is 5. The molecule has 0 spiro atoms. The van der Waals surface area contributed by atoms with Gasteiger partial charge in [-0.15, -0.1) is 0 Å². The number of nitrogens with one attached hydrogen (secondary N) is 4. The first-order valence-electron chi connectivity index (χ1n) is 10.1. The van der Waals surface area contributed by atoms with E-state index in [0.29, 0.717) is 25.5 Å². The smallest absolute Gasteiger partial charge is 0.408 e. The summed E-state index contributed by atoms with van der Waals surface area (Å²) in [5.74, 6) is -0.674. The van der Waals surface area contributed by atoms with Crippen molar-refractivity contribution < 1.29 is 33.5 Å². The Kier molecular flexibility index (Phi) is 8.45. The molecule has 13 nitrogen and oxygen atoms in total. The van der Waals surface area contributed by atoms with E-state index in [1.807, 2.05) is 6.07 Å². The van der Waals surface area contributed by atoms with E-state index in [1.54, 1.807) is 24.3 Å². The Morgan fingerprint density at radius 2 is 2.12 bits per heavy atom. The predicted octanol–water partition coefficient (Wildman–Crippen LogP) is -0.231. The molecule has 1 aromatic heterocycles. The number of carboxylic acids is 1. The summed E-state index contributed by atoms with van der Waals surface area (Å²) in [4.78, 5) is 39.2. The highest BCUT2D eigenvalue weighted by Crippen LogP contribution is 2.22. The lowest BCUT2D eigenvalue weighted by Crippen LogP contribution is -2.49. The molecular weight excluding hydrogens is 436 g/mol. The summed E-state index contributed by atoms with van der Waals surface area (Å²) in [6.45, 7) is 2.10. The first-order valence-corrected chi connectivity index (χ1v) is 10.1. The van der Waals surface area contributed by atoms with Crippen LogP contribution in [0.4, 0.5) is 4.79 Å². The summed E-state index contributed by atoms with van der Waals surface area (Å²) in [6.07, 6.45) is -0.686. The van der Waals surface area contributed by atoms with E-state index >= 15 is 0 Å². The molecule has 1 aromatic carbocycles. The van der Waals surface area contributed by atoms with E-state index in [9.17, 15) is 19.5 Å². The second kappa shape index (κ2) is 11.9. The average molecular weight is 460 g/mol. The van der Waals surface area contributed by atoms with Crippen LogP contribution in [-0.4, -0.2) is 67.0 Å². The third kappa shape index (κ3) is 7.12. The van der Waals surface area contributed by atoms with E-state index < -0.39 is 24.1 Å². The van der Waals surface area contributed by atoms with Crippen LogP contribution in [0.2, 0.25) is 0 Å². The molecule has 0 aliphatic carbocycles. The van der Waals surface area contributed by atoms with Gasteiger partial charge in [0.1, 0.15) is 19.3 Å². The molecule has 1 aliphatic rings. The summed E-state index contributed by atoms with van der Waals surface area (Å²) in [7, 11) is 0. The summed E-state index contributed by atoms with van der Waals surface area (Å²) in [6, 6.07) is 7.35. The number of rotatable bonds is 12. The summed E-state index contributed by atoms with van der Waals surface area (Å²) < 4.78 is 15.7. The third-order valence-corrected chi connectivity index (χ3v) is 4.46. The van der Waals surface area contributed by atoms with Gasteiger partial charge in [0.2, 0.25) is 6.41 Å². The van der Waals surface area contributed by atoms with Gasteiger partial charge < -0.3 is 40.4 Å². The second-order valence-electron chi connectivity index (χ2n) is 6.78. The lowest BCUT2D eigenvalue weighted by atomic mass is 10.1. The number of aliphatic carboxylic acids is 1. The van der Waals surface area contributed by atoms with Crippen molar-refractivity contribution in [1.29, 1.82) is 0 Å². The maximum absolute atomic E-state index is 12.2. The van der Waals surface area contributed by atoms with Crippen molar-refractivity contribution >= 4 is 24.4 Å². The van der Waals surface area contributed by atoms with Crippen molar-refractivity contribution in [3.05, 3.63) is 47.7 Å². The van der Waals surface area contributed by atoms with Crippen LogP contribution >= 0.6 is 0 Å². The summed E-state index contributed by atoms with van der Waals surface area (Å²) >= 11 is 0. The van der Waals surface area contributed by atoms with Crippen molar-refractivity contribution in [2.24, 2.45) is 4.99 Å². The molecule has 2 amide bonds. The zero-order valence-electron chi connectivity index (χ0n) is 17.5. The van der Waals surface area contributed by atoms with E-state index in [0.717, 1.165) is 12.1 Å². The Morgan fingerprint density at radius 1 is 1.30 bits per heavy atom. The maximum Gasteiger partial charge on any atom is 0.408 e. The number of benzene rings is 1. The predicted molar refractivity (Wildman–Crippen MR) is 113 cm³/mol. The van der Waals surface area contributed by atoms with Gasteiger partial charge in [-0.3, -0.25) is 9.79 Å². The van der Waals surface area contributed by atoms with Crippen LogP contribution in [0.15, 0.2) is 45.9 Å². The highest BCUT2D eigenvalue weighted by atomic mass is 16.6. The van der Waals surface area contributed by atoms with E-state index in [1.165, 1.54) is 6.07 Å². The van der Waals surface area contributed by atoms with Crippen LogP contribution in [0.25, 0.3) is 0 Å². The molecule has 1 unspecified atom stereocenters. The summed E-state index contributed by atoms with van der Waals surface area (Å²) in [5, 5.41) is 24.0. The lowest BCUT2D eigenvalue weighted by molar-refractivity contribution is -0.140. The van der Waals surface area contributed by atoms with Crippen LogP contribution in [0.1, 0.15) is 17.4 Å². The largest absolute Gasteiger partial charge is 0.480 e. The number of amides is 2. The van der Waals surface area contributed by atoms with Gasteiger partial charge in [-0.05, 0) is 10.7 Å². The standard InChI is InChI=1S/C20H24N6O7/c27-12-24-16(14-10-15(26-33-14)31-9-8-23-19-21-6-7-22-19)17(18(28)29)25-20(30)32-11-13-4-2-1-3-5-13/h1-5,10,12,16-17H,6-9,11H2,(H,24,27)(H,25,30)(H,28,29)(H2,21,22,23)/t16?,17-/m0/s1. The van der Waals surface area contributed by atoms with Crippen LogP contribution in [0.3, 0.4) is 0 Å². The number of carbonyl (C=O) groups is 3. The minimum Gasteiger partial charge on any atom is -0.480 e. The molecule has 1 aliphatic heterocycles. The molecule has 0 radical (unpaired) electrons. The van der Waals surface area contributed by atoms with Crippen molar-refractivity contribution in [1.82, 2.24) is 26.4 Å². The van der Waals surface area contributed by atoms with Gasteiger partial charge in [-0.1, -0.05) is 30.3 Å². The quantitative estimate of drug-likeness (QED) is 0.210. The van der Waals surface area contributed by atoms with Crippen molar-refractivity contribution in [3.8, 4) is 5.88 Å². The Morgan fingerprint density at radius 3 is 2.82 bits per heavy atom. The van der Waals surface area contributed by atoms with Gasteiger partial charge in [-0.25, -0.2) is 9.59 Å². The summed E-state index contributed by atoms with van der Waals surface area (Å²) in [5.41, 5.74) is 0.726. The van der Waals surface area contributed by atoms with Crippen LogP contribution < -0.4 is 26.0 Å². The van der Waals surface area contributed by atoms with Gasteiger partial charge in [0.15, 0.2) is 17.8 Å². The first kappa shape index (κ1) is 23.4. The fourth-order valence-electron chi connectivity index (χ4n) is 2.92. The zero-order chi connectivity index (χ0) is 23.5. The minimum atomic E-state index is -1.59. The number of alkyl carbamates (subject to hydrolysis) is 1. The minimum absolute atomic E-state index is 0.0253. The Hall–Kier alpha value is -4.29. The number of carboxylic acid groups (broad SMARTS) is 1. The highest BCUT2D eigenvalue weighted by Gasteiger charge is 2.34. The van der Waals surface area contributed by atoms with Gasteiger partial charge in [0.25, 0.3) is 5.88 Å². The molecule has 0 saturated heterocycles. The molecule has 33 heavy (non-hydrogen) atoms. The van der Waals surface area contributed by atoms with Crippen molar-refractivity contribution in [3.63, 3.8) is 0 Å². The topological polar surface area (TPSA) is 176 Å². The van der Waals surface area contributed by atoms with Crippen LogP contribution in [-0.2, 0) is 20.9 Å². The molecule has 176 valence electrons. The fraction of sp³-hybridized carbons (Fsp3) is 0.350. The first-order chi connectivity index (χ1) is 16.1. The number of carbonyl (C=O) groups excluding carboxylic acids is 2. The average Bonchev–Trinajstić information content (AvgIpc) is 3.50. The normalized spacial score (nSPS) is 14.2. The molecule has 3 rings (SSSR count). The van der Waals surface area contributed by atoms with Gasteiger partial charge in [-0.2, -0.15) is 0 Å². The Labute approximate surface area is 188 Å². The Balaban J connectivity index is 1.56. The zero-order valence-corrected chi connectivity index (χ0v) is 17.5. The molecule has 13 heteroatoms. The number of guanidine groups is 1. The van der Waals surface area contributed by atoms with Crippen LogP contribution in [0.5, 0.6) is 5.88 Å². The highest BCUT2D eigenvalue weighted by molar-refractivity contribution is 5.81. The van der Waals surface area contributed by atoms with Gasteiger partial charge in [0.05, 0.1) is 13.1 Å². The van der Waals surface area contributed by atoms with Crippen molar-refractivity contribution in [2.75, 3.05) is 26.2 Å². The van der Waals surface area contributed by atoms with E-state index in [-0.39, 0.29) is 24.9 Å². The van der Waals surface area contributed by atoms with Gasteiger partial charge in [0, 0.05) is 12.6 Å². The molecule has 0 bridgehead atoms. The monoisotopic (exact) mass is 460 g/mol. The van der Waals surface area contributed by atoms with Crippen LogP contribution in [0, 0.1) is 0 Å². The second-order valence-corrected chi connectivity index (χ2v) is 6.78. The number of aliphatic imine (C=N–C) groups is 1.